The van der Waals surface area contributed by atoms with Gasteiger partial charge in [-0.1, -0.05) is 141 Å². The van der Waals surface area contributed by atoms with Gasteiger partial charge in [-0.15, -0.1) is 0 Å². The molecule has 198 valence electrons. The summed E-state index contributed by atoms with van der Waals surface area (Å²) in [5.74, 6) is 1.79. The van der Waals surface area contributed by atoms with E-state index < -0.39 is 0 Å². The highest BCUT2D eigenvalue weighted by atomic mass is 14.3. The van der Waals surface area contributed by atoms with Crippen molar-refractivity contribution < 1.29 is 0 Å². The fourth-order valence-electron chi connectivity index (χ4n) is 5.79. The molecule has 0 heterocycles. The molecule has 0 aromatic heterocycles. The molecule has 0 spiro atoms. The first kappa shape index (κ1) is 27.9. The maximum atomic E-state index is 2.36. The molecule has 4 aromatic rings. The summed E-state index contributed by atoms with van der Waals surface area (Å²) in [6.07, 6.45) is 10.8. The number of rotatable bonds is 7. The van der Waals surface area contributed by atoms with Crippen molar-refractivity contribution in [2.75, 3.05) is 0 Å². The first-order valence-electron chi connectivity index (χ1n) is 14.9. The van der Waals surface area contributed by atoms with Crippen LogP contribution in [0.2, 0.25) is 0 Å². The largest absolute Gasteiger partial charge is 0.0654 e. The van der Waals surface area contributed by atoms with Gasteiger partial charge in [-0.2, -0.15) is 0 Å². The van der Waals surface area contributed by atoms with Crippen LogP contribution in [-0.4, -0.2) is 0 Å². The van der Waals surface area contributed by atoms with E-state index >= 15 is 0 Å². The topological polar surface area (TPSA) is 0 Å². The minimum atomic E-state index is 0.792. The smallest absolute Gasteiger partial charge is 0.0162 e. The predicted molar refractivity (Wildman–Crippen MR) is 167 cm³/mol. The minimum absolute atomic E-state index is 0.792. The monoisotopic (exact) mass is 502 g/mol. The van der Waals surface area contributed by atoms with Gasteiger partial charge in [0.1, 0.15) is 0 Å². The first-order valence-corrected chi connectivity index (χ1v) is 14.9. The number of aryl methyl sites for hydroxylation is 3. The molecule has 1 aliphatic rings. The molecule has 5 rings (SSSR count). The lowest BCUT2D eigenvalue weighted by molar-refractivity contribution is 0.308. The molecule has 0 amide bonds. The summed E-state index contributed by atoms with van der Waals surface area (Å²) in [6.45, 7) is 8.79. The summed E-state index contributed by atoms with van der Waals surface area (Å²) in [6, 6.07) is 35.8. The van der Waals surface area contributed by atoms with E-state index in [1.54, 1.807) is 5.56 Å². The molecule has 1 fully saturated rings. The summed E-state index contributed by atoms with van der Waals surface area (Å²) < 4.78 is 0. The molecule has 38 heavy (non-hydrogen) atoms. The van der Waals surface area contributed by atoms with Crippen molar-refractivity contribution in [1.82, 2.24) is 0 Å². The average molecular weight is 503 g/mol. The van der Waals surface area contributed by atoms with Gasteiger partial charge in [-0.25, -0.2) is 0 Å². The Balaban J connectivity index is 0.000000186. The molecule has 0 bridgehead atoms. The third-order valence-electron chi connectivity index (χ3n) is 8.19. The molecular formula is C38H46. The number of benzene rings is 4. The molecule has 0 N–H and O–H groups in total. The summed E-state index contributed by atoms with van der Waals surface area (Å²) in [4.78, 5) is 0. The molecule has 1 saturated carbocycles. The van der Waals surface area contributed by atoms with Crippen LogP contribution in [0.25, 0.3) is 22.3 Å². The summed E-state index contributed by atoms with van der Waals surface area (Å²) in [7, 11) is 0. The standard InChI is InChI=1S/C22H28.C16H18/c1-3-4-18-7-11-20(12-8-18)22-15-13-21(14-16-22)19-9-5-17(2)6-10-19;1-3-4-14-7-11-16(12-8-14)15-9-5-13(2)6-10-15/h5-6,9-10,13-16,18,20H,3-4,7-8,11-12H2,1-2H3;5-12H,3-4H2,1-2H3. The Bertz CT molecular complexity index is 1200. The van der Waals surface area contributed by atoms with Crippen LogP contribution in [0.5, 0.6) is 0 Å². The fourth-order valence-corrected chi connectivity index (χ4v) is 5.79. The highest BCUT2D eigenvalue weighted by molar-refractivity contribution is 5.64. The molecule has 0 unspecified atom stereocenters. The Hall–Kier alpha value is -3.12. The average Bonchev–Trinajstić information content (AvgIpc) is 2.96. The molecule has 4 aromatic carbocycles. The van der Waals surface area contributed by atoms with E-state index in [9.17, 15) is 0 Å². The third-order valence-corrected chi connectivity index (χ3v) is 8.19. The highest BCUT2D eigenvalue weighted by Crippen LogP contribution is 2.38. The predicted octanol–water partition coefficient (Wildman–Crippen LogP) is 11.4. The lowest BCUT2D eigenvalue weighted by Crippen LogP contribution is -2.13. The second kappa shape index (κ2) is 14.1. The van der Waals surface area contributed by atoms with Crippen LogP contribution in [-0.2, 0) is 6.42 Å². The van der Waals surface area contributed by atoms with E-state index in [1.807, 2.05) is 0 Å². The van der Waals surface area contributed by atoms with E-state index in [2.05, 4.69) is 125 Å². The van der Waals surface area contributed by atoms with Crippen molar-refractivity contribution in [3.63, 3.8) is 0 Å². The van der Waals surface area contributed by atoms with E-state index in [0.717, 1.165) is 11.8 Å². The van der Waals surface area contributed by atoms with Gasteiger partial charge >= 0.3 is 0 Å². The van der Waals surface area contributed by atoms with E-state index in [-0.39, 0.29) is 0 Å². The molecule has 1 aliphatic carbocycles. The summed E-state index contributed by atoms with van der Waals surface area (Å²) in [5.41, 5.74) is 10.9. The van der Waals surface area contributed by atoms with Crippen molar-refractivity contribution in [2.45, 2.75) is 85.0 Å². The Labute approximate surface area is 232 Å². The molecule has 0 nitrogen and oxygen atoms in total. The summed E-state index contributed by atoms with van der Waals surface area (Å²) >= 11 is 0. The van der Waals surface area contributed by atoms with Crippen LogP contribution in [0.3, 0.4) is 0 Å². The van der Waals surface area contributed by atoms with Crippen LogP contribution in [0.15, 0.2) is 97.1 Å². The van der Waals surface area contributed by atoms with E-state index in [1.165, 1.54) is 90.3 Å². The van der Waals surface area contributed by atoms with Gasteiger partial charge in [-0.3, -0.25) is 0 Å². The zero-order chi connectivity index (χ0) is 26.7. The summed E-state index contributed by atoms with van der Waals surface area (Å²) in [5, 5.41) is 0. The van der Waals surface area contributed by atoms with E-state index in [4.69, 9.17) is 0 Å². The van der Waals surface area contributed by atoms with Gasteiger partial charge in [-0.05, 0) is 91.2 Å². The quantitative estimate of drug-likeness (QED) is 0.236. The van der Waals surface area contributed by atoms with Gasteiger partial charge in [0.2, 0.25) is 0 Å². The van der Waals surface area contributed by atoms with Crippen molar-refractivity contribution in [3.05, 3.63) is 119 Å². The van der Waals surface area contributed by atoms with Gasteiger partial charge < -0.3 is 0 Å². The normalized spacial score (nSPS) is 16.9. The van der Waals surface area contributed by atoms with Crippen molar-refractivity contribution in [3.8, 4) is 22.3 Å². The number of hydrogen-bond donors (Lipinski definition) is 0. The first-order chi connectivity index (χ1) is 18.6. The lowest BCUT2D eigenvalue weighted by Gasteiger charge is -2.28. The SMILES string of the molecule is CCCC1CCC(c2ccc(-c3ccc(C)cc3)cc2)CC1.CCCc1ccc(-c2ccc(C)cc2)cc1. The Kier molecular flexibility index (Phi) is 10.4. The third kappa shape index (κ3) is 7.94. The van der Waals surface area contributed by atoms with Crippen molar-refractivity contribution in [2.24, 2.45) is 5.92 Å². The molecule has 0 heteroatoms. The van der Waals surface area contributed by atoms with Crippen molar-refractivity contribution >= 4 is 0 Å². The minimum Gasteiger partial charge on any atom is -0.0654 e. The van der Waals surface area contributed by atoms with Crippen LogP contribution < -0.4 is 0 Å². The molecule has 0 atom stereocenters. The maximum absolute atomic E-state index is 2.36. The molecule has 0 aliphatic heterocycles. The zero-order valence-electron chi connectivity index (χ0n) is 24.0. The van der Waals surface area contributed by atoms with Gasteiger partial charge in [0.05, 0.1) is 0 Å². The molecular weight excluding hydrogens is 456 g/mol. The van der Waals surface area contributed by atoms with Crippen LogP contribution in [0, 0.1) is 19.8 Å². The van der Waals surface area contributed by atoms with Gasteiger partial charge in [0.15, 0.2) is 0 Å². The van der Waals surface area contributed by atoms with Crippen molar-refractivity contribution in [1.29, 1.82) is 0 Å². The second-order valence-corrected chi connectivity index (χ2v) is 11.3. The molecule has 0 radical (unpaired) electrons. The Morgan fingerprint density at radius 3 is 1.34 bits per heavy atom. The van der Waals surface area contributed by atoms with Crippen LogP contribution in [0.4, 0.5) is 0 Å². The Morgan fingerprint density at radius 2 is 0.921 bits per heavy atom. The van der Waals surface area contributed by atoms with Crippen LogP contribution in [0.1, 0.15) is 87.0 Å². The van der Waals surface area contributed by atoms with Gasteiger partial charge in [0, 0.05) is 0 Å². The lowest BCUT2D eigenvalue weighted by atomic mass is 9.77. The van der Waals surface area contributed by atoms with Crippen LogP contribution >= 0.6 is 0 Å². The highest BCUT2D eigenvalue weighted by Gasteiger charge is 2.21. The van der Waals surface area contributed by atoms with E-state index in [0.29, 0.717) is 0 Å². The second-order valence-electron chi connectivity index (χ2n) is 11.3. The van der Waals surface area contributed by atoms with Gasteiger partial charge in [0.25, 0.3) is 0 Å². The fraction of sp³-hybridized carbons (Fsp3) is 0.368. The number of hydrogen-bond acceptors (Lipinski definition) is 0. The Morgan fingerprint density at radius 1 is 0.500 bits per heavy atom. The zero-order valence-corrected chi connectivity index (χ0v) is 24.0. The maximum Gasteiger partial charge on any atom is -0.0162 e. The molecule has 0 saturated heterocycles.